The second kappa shape index (κ2) is 8.17. The molecule has 1 fully saturated rings. The van der Waals surface area contributed by atoms with Gasteiger partial charge in [0.25, 0.3) is 0 Å². The molecule has 1 aliphatic rings. The van der Waals surface area contributed by atoms with Gasteiger partial charge in [-0.15, -0.1) is 22.9 Å². The standard InChI is InChI=1S/C18H22ClN3O2S/c1-13(19)18(23)22-8-6-21(7-9-22)11-17-20-16(12-25-17)14-4-3-5-15(10-14)24-2/h3-5,10,12-13H,6-9,11H2,1-2H3. The number of halogens is 1. The molecule has 0 aliphatic carbocycles. The van der Waals surface area contributed by atoms with Crippen LogP contribution in [0.5, 0.6) is 5.75 Å². The van der Waals surface area contributed by atoms with E-state index in [1.165, 1.54) is 0 Å². The van der Waals surface area contributed by atoms with Crippen LogP contribution in [0.2, 0.25) is 0 Å². The molecule has 1 unspecified atom stereocenters. The lowest BCUT2D eigenvalue weighted by Crippen LogP contribution is -2.49. The first-order valence-electron chi connectivity index (χ1n) is 8.31. The molecule has 1 aliphatic heterocycles. The number of nitrogens with zero attached hydrogens (tertiary/aromatic N) is 3. The number of carbonyl (C=O) groups excluding carboxylic acids is 1. The van der Waals surface area contributed by atoms with Gasteiger partial charge < -0.3 is 9.64 Å². The van der Waals surface area contributed by atoms with Crippen molar-refractivity contribution in [1.29, 1.82) is 0 Å². The number of hydrogen-bond acceptors (Lipinski definition) is 5. The Bertz CT molecular complexity index is 727. The molecular weight excluding hydrogens is 358 g/mol. The van der Waals surface area contributed by atoms with Gasteiger partial charge in [0.1, 0.15) is 16.1 Å². The van der Waals surface area contributed by atoms with E-state index >= 15 is 0 Å². The largest absolute Gasteiger partial charge is 0.497 e. The number of rotatable bonds is 5. The van der Waals surface area contributed by atoms with Gasteiger partial charge >= 0.3 is 0 Å². The number of amides is 1. The van der Waals surface area contributed by atoms with Crippen molar-refractivity contribution in [2.75, 3.05) is 33.3 Å². The molecule has 2 aromatic rings. The van der Waals surface area contributed by atoms with Crippen LogP contribution in [-0.2, 0) is 11.3 Å². The van der Waals surface area contributed by atoms with Gasteiger partial charge in [-0.25, -0.2) is 4.98 Å². The van der Waals surface area contributed by atoms with Crippen LogP contribution in [0.25, 0.3) is 11.3 Å². The summed E-state index contributed by atoms with van der Waals surface area (Å²) in [6.07, 6.45) is 0. The van der Waals surface area contributed by atoms with Gasteiger partial charge in [0.15, 0.2) is 0 Å². The Labute approximate surface area is 157 Å². The summed E-state index contributed by atoms with van der Waals surface area (Å²) >= 11 is 7.56. The third-order valence-electron chi connectivity index (χ3n) is 4.30. The Kier molecular flexibility index (Phi) is 5.93. The fraction of sp³-hybridized carbons (Fsp3) is 0.444. The van der Waals surface area contributed by atoms with Crippen LogP contribution >= 0.6 is 22.9 Å². The van der Waals surface area contributed by atoms with E-state index in [1.807, 2.05) is 29.2 Å². The summed E-state index contributed by atoms with van der Waals surface area (Å²) in [5.41, 5.74) is 2.04. The van der Waals surface area contributed by atoms with Crippen molar-refractivity contribution in [2.24, 2.45) is 0 Å². The number of aromatic nitrogens is 1. The van der Waals surface area contributed by atoms with Gasteiger partial charge in [0, 0.05) is 37.1 Å². The summed E-state index contributed by atoms with van der Waals surface area (Å²) in [6, 6.07) is 7.94. The molecular formula is C18H22ClN3O2S. The molecule has 1 amide bonds. The van der Waals surface area contributed by atoms with E-state index in [-0.39, 0.29) is 5.91 Å². The summed E-state index contributed by atoms with van der Waals surface area (Å²) in [5.74, 6) is 0.859. The number of thiazole rings is 1. The van der Waals surface area contributed by atoms with Crippen molar-refractivity contribution in [2.45, 2.75) is 18.8 Å². The lowest BCUT2D eigenvalue weighted by atomic mass is 10.2. The molecule has 0 bridgehead atoms. The highest BCUT2D eigenvalue weighted by atomic mass is 35.5. The van der Waals surface area contributed by atoms with Gasteiger partial charge in [-0.1, -0.05) is 12.1 Å². The van der Waals surface area contributed by atoms with Gasteiger partial charge in [0.05, 0.1) is 19.3 Å². The highest BCUT2D eigenvalue weighted by Gasteiger charge is 2.24. The molecule has 2 heterocycles. The van der Waals surface area contributed by atoms with Crippen LogP contribution in [0.4, 0.5) is 0 Å². The van der Waals surface area contributed by atoms with E-state index in [0.717, 1.165) is 54.7 Å². The summed E-state index contributed by atoms with van der Waals surface area (Å²) < 4.78 is 5.28. The van der Waals surface area contributed by atoms with Crippen LogP contribution in [0.1, 0.15) is 11.9 Å². The Balaban J connectivity index is 1.58. The fourth-order valence-electron chi connectivity index (χ4n) is 2.87. The monoisotopic (exact) mass is 379 g/mol. The second-order valence-electron chi connectivity index (χ2n) is 6.08. The van der Waals surface area contributed by atoms with Gasteiger partial charge in [-0.2, -0.15) is 0 Å². The molecule has 1 aromatic heterocycles. The molecule has 1 aromatic carbocycles. The second-order valence-corrected chi connectivity index (χ2v) is 7.67. The molecule has 134 valence electrons. The molecule has 0 radical (unpaired) electrons. The minimum absolute atomic E-state index is 0.0240. The summed E-state index contributed by atoms with van der Waals surface area (Å²) in [5, 5.41) is 2.72. The quantitative estimate of drug-likeness (QED) is 0.749. The highest BCUT2D eigenvalue weighted by molar-refractivity contribution is 7.09. The van der Waals surface area contributed by atoms with Crippen molar-refractivity contribution in [1.82, 2.24) is 14.8 Å². The van der Waals surface area contributed by atoms with Crippen molar-refractivity contribution < 1.29 is 9.53 Å². The maximum absolute atomic E-state index is 11.9. The Morgan fingerprint density at radius 1 is 1.36 bits per heavy atom. The van der Waals surface area contributed by atoms with E-state index in [0.29, 0.717) is 0 Å². The molecule has 0 spiro atoms. The SMILES string of the molecule is COc1cccc(-c2csc(CN3CCN(C(=O)C(C)Cl)CC3)n2)c1. The number of alkyl halides is 1. The van der Waals surface area contributed by atoms with Crippen LogP contribution in [0.15, 0.2) is 29.6 Å². The fourth-order valence-corrected chi connectivity index (χ4v) is 3.85. The van der Waals surface area contributed by atoms with Gasteiger partial charge in [-0.3, -0.25) is 9.69 Å². The maximum Gasteiger partial charge on any atom is 0.240 e. The van der Waals surface area contributed by atoms with Crippen LogP contribution in [0.3, 0.4) is 0 Å². The van der Waals surface area contributed by atoms with Crippen molar-refractivity contribution >= 4 is 28.8 Å². The van der Waals surface area contributed by atoms with Crippen LogP contribution in [-0.4, -0.2) is 59.4 Å². The van der Waals surface area contributed by atoms with Crippen LogP contribution < -0.4 is 4.74 Å². The van der Waals surface area contributed by atoms with E-state index in [9.17, 15) is 4.79 Å². The molecule has 1 atom stereocenters. The third-order valence-corrected chi connectivity index (χ3v) is 5.32. The minimum atomic E-state index is -0.448. The van der Waals surface area contributed by atoms with Crippen LogP contribution in [0, 0.1) is 0 Å². The molecule has 25 heavy (non-hydrogen) atoms. The third kappa shape index (κ3) is 4.51. The number of carbonyl (C=O) groups is 1. The number of piperazine rings is 1. The molecule has 3 rings (SSSR count). The normalized spacial score (nSPS) is 16.7. The maximum atomic E-state index is 11.9. The van der Waals surface area contributed by atoms with E-state index in [2.05, 4.69) is 10.3 Å². The summed E-state index contributed by atoms with van der Waals surface area (Å²) in [4.78, 5) is 20.9. The van der Waals surface area contributed by atoms with Crippen molar-refractivity contribution in [3.05, 3.63) is 34.7 Å². The first-order valence-corrected chi connectivity index (χ1v) is 9.62. The molecule has 0 saturated carbocycles. The number of methoxy groups -OCH3 is 1. The van der Waals surface area contributed by atoms with Gasteiger partial charge in [0.2, 0.25) is 5.91 Å². The predicted molar refractivity (Wildman–Crippen MR) is 101 cm³/mol. The summed E-state index contributed by atoms with van der Waals surface area (Å²) in [6.45, 7) is 5.69. The van der Waals surface area contributed by atoms with E-state index < -0.39 is 5.38 Å². The molecule has 1 saturated heterocycles. The number of benzene rings is 1. The first-order chi connectivity index (χ1) is 12.1. The highest BCUT2D eigenvalue weighted by Crippen LogP contribution is 2.26. The van der Waals surface area contributed by atoms with E-state index in [4.69, 9.17) is 21.3 Å². The van der Waals surface area contributed by atoms with Crippen molar-refractivity contribution in [3.63, 3.8) is 0 Å². The molecule has 0 N–H and O–H groups in total. The topological polar surface area (TPSA) is 45.7 Å². The number of hydrogen-bond donors (Lipinski definition) is 0. The number of ether oxygens (including phenoxy) is 1. The average molecular weight is 380 g/mol. The molecule has 7 heteroatoms. The van der Waals surface area contributed by atoms with Crippen molar-refractivity contribution in [3.8, 4) is 17.0 Å². The Morgan fingerprint density at radius 3 is 2.80 bits per heavy atom. The predicted octanol–water partition coefficient (Wildman–Crippen LogP) is 3.09. The Morgan fingerprint density at radius 2 is 2.12 bits per heavy atom. The zero-order valence-corrected chi connectivity index (χ0v) is 16.0. The summed E-state index contributed by atoms with van der Waals surface area (Å²) in [7, 11) is 1.67. The lowest BCUT2D eigenvalue weighted by Gasteiger charge is -2.34. The molecule has 5 nitrogen and oxygen atoms in total. The van der Waals surface area contributed by atoms with E-state index in [1.54, 1.807) is 25.4 Å². The smallest absolute Gasteiger partial charge is 0.240 e. The van der Waals surface area contributed by atoms with Gasteiger partial charge in [-0.05, 0) is 19.1 Å². The Hall–Kier alpha value is -1.63. The average Bonchev–Trinajstić information content (AvgIpc) is 3.10. The minimum Gasteiger partial charge on any atom is -0.497 e. The zero-order valence-electron chi connectivity index (χ0n) is 14.4. The zero-order chi connectivity index (χ0) is 17.8. The lowest BCUT2D eigenvalue weighted by molar-refractivity contribution is -0.132. The first kappa shape index (κ1) is 18.2.